The number of hydrogen-bond acceptors (Lipinski definition) is 3. The Balaban J connectivity index is 2.21. The number of carbonyl (C=O) groups is 1. The largest absolute Gasteiger partial charge is 0.495 e. The topological polar surface area (TPSA) is 41.6 Å². The highest BCUT2D eigenvalue weighted by molar-refractivity contribution is 5.97. The van der Waals surface area contributed by atoms with Crippen LogP contribution in [0.15, 0.2) is 18.2 Å². The molecule has 0 bridgehead atoms. The van der Waals surface area contributed by atoms with Crippen molar-refractivity contribution >= 4 is 11.6 Å². The van der Waals surface area contributed by atoms with E-state index in [1.165, 1.54) is 0 Å². The number of hydrogen-bond donors (Lipinski definition) is 1. The van der Waals surface area contributed by atoms with Gasteiger partial charge >= 0.3 is 0 Å². The van der Waals surface area contributed by atoms with Crippen LogP contribution in [0.3, 0.4) is 0 Å². The minimum atomic E-state index is 0.0284. The van der Waals surface area contributed by atoms with Crippen molar-refractivity contribution in [3.63, 3.8) is 0 Å². The molecule has 1 amide bonds. The molecule has 1 aromatic carbocycles. The van der Waals surface area contributed by atoms with E-state index in [4.69, 9.17) is 11.2 Å². The number of terminal acetylenes is 1. The second kappa shape index (κ2) is 6.26. The molecule has 0 unspecified atom stereocenters. The SMILES string of the molecule is C#CCNCC(=O)N1CCCc2cccc(OC)c21. The number of nitrogens with zero attached hydrogens (tertiary/aromatic N) is 1. The van der Waals surface area contributed by atoms with Gasteiger partial charge in [0.05, 0.1) is 25.9 Å². The summed E-state index contributed by atoms with van der Waals surface area (Å²) in [6, 6.07) is 5.90. The minimum absolute atomic E-state index is 0.0284. The number of nitrogens with one attached hydrogen (secondary N) is 1. The van der Waals surface area contributed by atoms with Crippen LogP contribution in [-0.4, -0.2) is 32.7 Å². The van der Waals surface area contributed by atoms with Crippen LogP contribution in [0.4, 0.5) is 5.69 Å². The molecule has 0 radical (unpaired) electrons. The average molecular weight is 258 g/mol. The average Bonchev–Trinajstić information content (AvgIpc) is 2.46. The lowest BCUT2D eigenvalue weighted by Gasteiger charge is -2.31. The van der Waals surface area contributed by atoms with E-state index < -0.39 is 0 Å². The van der Waals surface area contributed by atoms with Crippen molar-refractivity contribution in [2.75, 3.05) is 31.6 Å². The summed E-state index contributed by atoms with van der Waals surface area (Å²) in [5, 5.41) is 2.93. The van der Waals surface area contributed by atoms with Crippen molar-refractivity contribution in [1.29, 1.82) is 0 Å². The smallest absolute Gasteiger partial charge is 0.241 e. The molecule has 1 aliphatic heterocycles. The standard InChI is InChI=1S/C15H18N2O2/c1-3-9-16-11-14(18)17-10-5-7-12-6-4-8-13(19-2)15(12)17/h1,4,6,8,16H,5,7,9-11H2,2H3. The molecule has 0 atom stereocenters. The van der Waals surface area contributed by atoms with E-state index in [-0.39, 0.29) is 12.5 Å². The summed E-state index contributed by atoms with van der Waals surface area (Å²) in [5.74, 6) is 3.24. The zero-order chi connectivity index (χ0) is 13.7. The second-order valence-corrected chi connectivity index (χ2v) is 4.42. The summed E-state index contributed by atoms with van der Waals surface area (Å²) in [6.45, 7) is 1.38. The zero-order valence-electron chi connectivity index (χ0n) is 11.1. The molecule has 1 aliphatic rings. The van der Waals surface area contributed by atoms with Crippen molar-refractivity contribution in [2.45, 2.75) is 12.8 Å². The van der Waals surface area contributed by atoms with E-state index in [2.05, 4.69) is 11.2 Å². The van der Waals surface area contributed by atoms with Crippen LogP contribution in [0.5, 0.6) is 5.75 Å². The zero-order valence-corrected chi connectivity index (χ0v) is 11.1. The summed E-state index contributed by atoms with van der Waals surface area (Å²) in [7, 11) is 1.63. The van der Waals surface area contributed by atoms with Gasteiger partial charge in [-0.3, -0.25) is 10.1 Å². The Bertz CT molecular complexity index is 491. The van der Waals surface area contributed by atoms with Gasteiger partial charge in [0.25, 0.3) is 0 Å². The predicted molar refractivity (Wildman–Crippen MR) is 75.4 cm³/mol. The lowest BCUT2D eigenvalue weighted by molar-refractivity contribution is -0.117. The summed E-state index contributed by atoms with van der Waals surface area (Å²) >= 11 is 0. The highest BCUT2D eigenvalue weighted by Crippen LogP contribution is 2.35. The molecule has 100 valence electrons. The van der Waals surface area contributed by atoms with Crippen LogP contribution in [0, 0.1) is 12.3 Å². The highest BCUT2D eigenvalue weighted by Gasteiger charge is 2.25. The molecule has 0 aliphatic carbocycles. The fourth-order valence-corrected chi connectivity index (χ4v) is 2.37. The molecular formula is C15H18N2O2. The van der Waals surface area contributed by atoms with Gasteiger partial charge in [0, 0.05) is 6.54 Å². The quantitative estimate of drug-likeness (QED) is 0.651. The van der Waals surface area contributed by atoms with Crippen molar-refractivity contribution < 1.29 is 9.53 Å². The first-order valence-electron chi connectivity index (χ1n) is 6.38. The van der Waals surface area contributed by atoms with Gasteiger partial charge in [-0.1, -0.05) is 18.1 Å². The monoisotopic (exact) mass is 258 g/mol. The number of para-hydroxylation sites is 1. The maximum absolute atomic E-state index is 12.2. The Morgan fingerprint density at radius 2 is 2.42 bits per heavy atom. The lowest BCUT2D eigenvalue weighted by Crippen LogP contribution is -2.41. The Hall–Kier alpha value is -1.99. The van der Waals surface area contributed by atoms with Crippen molar-refractivity contribution in [3.05, 3.63) is 23.8 Å². The van der Waals surface area contributed by atoms with Crippen molar-refractivity contribution in [1.82, 2.24) is 5.32 Å². The highest BCUT2D eigenvalue weighted by atomic mass is 16.5. The third-order valence-electron chi connectivity index (χ3n) is 3.20. The molecule has 2 rings (SSSR count). The number of amides is 1. The fraction of sp³-hybridized carbons (Fsp3) is 0.400. The number of methoxy groups -OCH3 is 1. The van der Waals surface area contributed by atoms with Crippen LogP contribution in [0.25, 0.3) is 0 Å². The summed E-state index contributed by atoms with van der Waals surface area (Å²) in [4.78, 5) is 14.0. The first kappa shape index (κ1) is 13.4. The molecule has 0 saturated heterocycles. The van der Waals surface area contributed by atoms with Gasteiger partial charge in [0.1, 0.15) is 5.75 Å². The molecule has 1 N–H and O–H groups in total. The molecule has 4 heteroatoms. The molecule has 1 aromatic rings. The molecule has 0 fully saturated rings. The summed E-state index contributed by atoms with van der Waals surface area (Å²) in [6.07, 6.45) is 7.11. The van der Waals surface area contributed by atoms with Gasteiger partial charge in [-0.2, -0.15) is 0 Å². The molecule has 0 spiro atoms. The van der Waals surface area contributed by atoms with E-state index >= 15 is 0 Å². The van der Waals surface area contributed by atoms with Crippen molar-refractivity contribution in [2.24, 2.45) is 0 Å². The fourth-order valence-electron chi connectivity index (χ4n) is 2.37. The van der Waals surface area contributed by atoms with Gasteiger partial charge in [0.15, 0.2) is 0 Å². The molecule has 0 aromatic heterocycles. The number of fused-ring (bicyclic) bond motifs is 1. The van der Waals surface area contributed by atoms with E-state index in [0.717, 1.165) is 36.4 Å². The van der Waals surface area contributed by atoms with Crippen molar-refractivity contribution in [3.8, 4) is 18.1 Å². The predicted octanol–water partition coefficient (Wildman–Crippen LogP) is 1.20. The first-order chi connectivity index (χ1) is 9.27. The Kier molecular flexibility index (Phi) is 4.43. The maximum Gasteiger partial charge on any atom is 0.241 e. The van der Waals surface area contributed by atoms with Crippen LogP contribution >= 0.6 is 0 Å². The molecule has 4 nitrogen and oxygen atoms in total. The Morgan fingerprint density at radius 1 is 1.58 bits per heavy atom. The van der Waals surface area contributed by atoms with Gasteiger partial charge in [-0.15, -0.1) is 6.42 Å². The van der Waals surface area contributed by atoms with Gasteiger partial charge in [0.2, 0.25) is 5.91 Å². The number of benzene rings is 1. The lowest BCUT2D eigenvalue weighted by atomic mass is 10.0. The van der Waals surface area contributed by atoms with E-state index in [1.54, 1.807) is 12.0 Å². The number of ether oxygens (including phenoxy) is 1. The Morgan fingerprint density at radius 3 is 3.16 bits per heavy atom. The van der Waals surface area contributed by atoms with E-state index in [9.17, 15) is 4.79 Å². The molecule has 0 saturated carbocycles. The van der Waals surface area contributed by atoms with Crippen LogP contribution in [-0.2, 0) is 11.2 Å². The van der Waals surface area contributed by atoms with Gasteiger partial charge < -0.3 is 9.64 Å². The van der Waals surface area contributed by atoms with Crippen LogP contribution in [0.2, 0.25) is 0 Å². The normalized spacial score (nSPS) is 13.6. The number of aryl methyl sites for hydroxylation is 1. The molecule has 19 heavy (non-hydrogen) atoms. The van der Waals surface area contributed by atoms with Crippen LogP contribution in [0.1, 0.15) is 12.0 Å². The summed E-state index contributed by atoms with van der Waals surface area (Å²) in [5.41, 5.74) is 2.07. The number of carbonyl (C=O) groups excluding carboxylic acids is 1. The molecule has 1 heterocycles. The van der Waals surface area contributed by atoms with E-state index in [1.807, 2.05) is 18.2 Å². The Labute approximate surface area is 113 Å². The van der Waals surface area contributed by atoms with Gasteiger partial charge in [-0.25, -0.2) is 0 Å². The minimum Gasteiger partial charge on any atom is -0.495 e. The third kappa shape index (κ3) is 2.88. The number of rotatable bonds is 4. The summed E-state index contributed by atoms with van der Waals surface area (Å²) < 4.78 is 5.37. The number of anilines is 1. The first-order valence-corrected chi connectivity index (χ1v) is 6.38. The van der Waals surface area contributed by atoms with Crippen LogP contribution < -0.4 is 15.0 Å². The van der Waals surface area contributed by atoms with E-state index in [0.29, 0.717) is 6.54 Å². The maximum atomic E-state index is 12.2. The third-order valence-corrected chi connectivity index (χ3v) is 3.20. The molecular weight excluding hydrogens is 240 g/mol. The second-order valence-electron chi connectivity index (χ2n) is 4.42. The van der Waals surface area contributed by atoms with Gasteiger partial charge in [-0.05, 0) is 24.5 Å².